The Morgan fingerprint density at radius 3 is 2.44 bits per heavy atom. The minimum absolute atomic E-state index is 0.0935. The lowest BCUT2D eigenvalue weighted by atomic mass is 9.82. The van der Waals surface area contributed by atoms with Gasteiger partial charge in [-0.25, -0.2) is 0 Å². The fourth-order valence-electron chi connectivity index (χ4n) is 3.48. The zero-order valence-corrected chi connectivity index (χ0v) is 10.7. The summed E-state index contributed by atoms with van der Waals surface area (Å²) in [5.74, 6) is 0. The van der Waals surface area contributed by atoms with Gasteiger partial charge in [0.15, 0.2) is 0 Å². The lowest BCUT2D eigenvalue weighted by molar-refractivity contribution is 0.0826. The summed E-state index contributed by atoms with van der Waals surface area (Å²) in [6.07, 6.45) is 11.4. The van der Waals surface area contributed by atoms with Crippen LogP contribution in [0.1, 0.15) is 64.7 Å². The smallest absolute Gasteiger partial charge is 0.0693 e. The van der Waals surface area contributed by atoms with Gasteiger partial charge in [-0.15, -0.1) is 0 Å². The molecule has 0 aromatic heterocycles. The number of aliphatic hydroxyl groups is 1. The Morgan fingerprint density at radius 2 is 1.81 bits per heavy atom. The lowest BCUT2D eigenvalue weighted by Gasteiger charge is -2.34. The standard InChI is InChI=1S/C14H27NO/c1-2-14(9-5-6-10-14)11-15-12-7-3-4-8-13(12)16/h12-13,15-16H,2-11H2,1H3/t12-,13-/m1/s1. The van der Waals surface area contributed by atoms with Crippen molar-refractivity contribution < 1.29 is 5.11 Å². The highest BCUT2D eigenvalue weighted by atomic mass is 16.3. The molecular weight excluding hydrogens is 198 g/mol. The summed E-state index contributed by atoms with van der Waals surface area (Å²) in [6, 6.07) is 0.373. The highest BCUT2D eigenvalue weighted by Gasteiger charge is 2.33. The molecule has 2 atom stereocenters. The quantitative estimate of drug-likeness (QED) is 0.771. The molecule has 16 heavy (non-hydrogen) atoms. The molecule has 0 aromatic rings. The summed E-state index contributed by atoms with van der Waals surface area (Å²) in [5, 5.41) is 13.6. The van der Waals surface area contributed by atoms with Crippen molar-refractivity contribution in [2.24, 2.45) is 5.41 Å². The van der Waals surface area contributed by atoms with Crippen molar-refractivity contribution in [3.05, 3.63) is 0 Å². The maximum Gasteiger partial charge on any atom is 0.0693 e. The van der Waals surface area contributed by atoms with E-state index in [1.165, 1.54) is 51.4 Å². The second-order valence-electron chi connectivity index (χ2n) is 5.90. The Labute approximate surface area is 99.8 Å². The minimum Gasteiger partial charge on any atom is -0.392 e. The fraction of sp³-hybridized carbons (Fsp3) is 1.00. The van der Waals surface area contributed by atoms with E-state index in [0.717, 1.165) is 13.0 Å². The first-order chi connectivity index (χ1) is 7.76. The monoisotopic (exact) mass is 225 g/mol. The van der Waals surface area contributed by atoms with Crippen LogP contribution in [0.5, 0.6) is 0 Å². The molecule has 2 saturated carbocycles. The Bertz CT molecular complexity index is 211. The van der Waals surface area contributed by atoms with Gasteiger partial charge in [-0.2, -0.15) is 0 Å². The van der Waals surface area contributed by atoms with Gasteiger partial charge in [0.25, 0.3) is 0 Å². The van der Waals surface area contributed by atoms with Crippen molar-refractivity contribution in [1.29, 1.82) is 0 Å². The van der Waals surface area contributed by atoms with Crippen LogP contribution in [-0.2, 0) is 0 Å². The summed E-state index contributed by atoms with van der Waals surface area (Å²) in [4.78, 5) is 0. The van der Waals surface area contributed by atoms with Crippen molar-refractivity contribution in [2.75, 3.05) is 6.54 Å². The molecule has 0 unspecified atom stereocenters. The van der Waals surface area contributed by atoms with Crippen LogP contribution < -0.4 is 5.32 Å². The van der Waals surface area contributed by atoms with Gasteiger partial charge >= 0.3 is 0 Å². The van der Waals surface area contributed by atoms with Gasteiger partial charge in [0, 0.05) is 12.6 Å². The molecule has 0 saturated heterocycles. The molecular formula is C14H27NO. The summed E-state index contributed by atoms with van der Waals surface area (Å²) in [7, 11) is 0. The average Bonchev–Trinajstić information content (AvgIpc) is 2.78. The Morgan fingerprint density at radius 1 is 1.12 bits per heavy atom. The van der Waals surface area contributed by atoms with Crippen LogP contribution in [-0.4, -0.2) is 23.8 Å². The molecule has 0 radical (unpaired) electrons. The Balaban J connectivity index is 1.80. The third-order valence-corrected chi connectivity index (χ3v) is 4.88. The van der Waals surface area contributed by atoms with Crippen LogP contribution >= 0.6 is 0 Å². The highest BCUT2D eigenvalue weighted by molar-refractivity contribution is 4.89. The van der Waals surface area contributed by atoms with Crippen molar-refractivity contribution in [1.82, 2.24) is 5.32 Å². The second-order valence-corrected chi connectivity index (χ2v) is 5.90. The van der Waals surface area contributed by atoms with Crippen molar-refractivity contribution in [2.45, 2.75) is 76.9 Å². The normalized spacial score (nSPS) is 34.1. The van der Waals surface area contributed by atoms with E-state index in [1.807, 2.05) is 0 Å². The fourth-order valence-corrected chi connectivity index (χ4v) is 3.48. The molecule has 94 valence electrons. The molecule has 2 aliphatic rings. The Hall–Kier alpha value is -0.0800. The van der Waals surface area contributed by atoms with E-state index in [-0.39, 0.29) is 6.10 Å². The van der Waals surface area contributed by atoms with Crippen LogP contribution in [0, 0.1) is 5.41 Å². The summed E-state index contributed by atoms with van der Waals surface area (Å²) in [6.45, 7) is 3.45. The molecule has 2 heteroatoms. The van der Waals surface area contributed by atoms with Crippen molar-refractivity contribution in [3.63, 3.8) is 0 Å². The predicted molar refractivity (Wildman–Crippen MR) is 67.5 cm³/mol. The predicted octanol–water partition coefficient (Wildman–Crippen LogP) is 2.85. The maximum atomic E-state index is 9.94. The van der Waals surface area contributed by atoms with E-state index in [1.54, 1.807) is 0 Å². The number of hydrogen-bond acceptors (Lipinski definition) is 2. The number of hydrogen-bond donors (Lipinski definition) is 2. The zero-order chi connectivity index (χ0) is 11.4. The number of nitrogens with one attached hydrogen (secondary N) is 1. The summed E-state index contributed by atoms with van der Waals surface area (Å²) < 4.78 is 0. The van der Waals surface area contributed by atoms with Gasteiger partial charge in [-0.05, 0) is 37.5 Å². The topological polar surface area (TPSA) is 32.3 Å². The first-order valence-electron chi connectivity index (χ1n) is 7.17. The lowest BCUT2D eigenvalue weighted by Crippen LogP contribution is -2.46. The van der Waals surface area contributed by atoms with E-state index in [4.69, 9.17) is 0 Å². The third-order valence-electron chi connectivity index (χ3n) is 4.88. The van der Waals surface area contributed by atoms with Gasteiger partial charge in [-0.3, -0.25) is 0 Å². The molecule has 2 fully saturated rings. The molecule has 0 heterocycles. The Kier molecular flexibility index (Phi) is 4.26. The number of rotatable bonds is 4. The van der Waals surface area contributed by atoms with Gasteiger partial charge in [-0.1, -0.05) is 32.6 Å². The summed E-state index contributed by atoms with van der Waals surface area (Å²) >= 11 is 0. The molecule has 0 bridgehead atoms. The van der Waals surface area contributed by atoms with Crippen LogP contribution in [0.2, 0.25) is 0 Å². The van der Waals surface area contributed by atoms with Gasteiger partial charge in [0.2, 0.25) is 0 Å². The highest BCUT2D eigenvalue weighted by Crippen LogP contribution is 2.40. The van der Waals surface area contributed by atoms with Gasteiger partial charge in [0.1, 0.15) is 0 Å². The second kappa shape index (κ2) is 5.50. The molecule has 2 N–H and O–H groups in total. The van der Waals surface area contributed by atoms with Crippen LogP contribution in [0.4, 0.5) is 0 Å². The number of aliphatic hydroxyl groups excluding tert-OH is 1. The molecule has 2 nitrogen and oxygen atoms in total. The first kappa shape index (κ1) is 12.4. The molecule has 0 spiro atoms. The van der Waals surface area contributed by atoms with Gasteiger partial charge in [0.05, 0.1) is 6.10 Å². The van der Waals surface area contributed by atoms with Gasteiger partial charge < -0.3 is 10.4 Å². The van der Waals surface area contributed by atoms with E-state index >= 15 is 0 Å². The van der Waals surface area contributed by atoms with E-state index < -0.39 is 0 Å². The average molecular weight is 225 g/mol. The van der Waals surface area contributed by atoms with Crippen LogP contribution in [0.3, 0.4) is 0 Å². The SMILES string of the molecule is CCC1(CN[C@@H]2CCCC[C@H]2O)CCCC1. The van der Waals surface area contributed by atoms with E-state index in [2.05, 4.69) is 12.2 Å². The third kappa shape index (κ3) is 2.78. The largest absolute Gasteiger partial charge is 0.392 e. The van der Waals surface area contributed by atoms with Crippen LogP contribution in [0.15, 0.2) is 0 Å². The van der Waals surface area contributed by atoms with Crippen molar-refractivity contribution >= 4 is 0 Å². The maximum absolute atomic E-state index is 9.94. The molecule has 2 rings (SSSR count). The van der Waals surface area contributed by atoms with Crippen LogP contribution in [0.25, 0.3) is 0 Å². The van der Waals surface area contributed by atoms with E-state index in [0.29, 0.717) is 11.5 Å². The molecule has 0 aliphatic heterocycles. The first-order valence-corrected chi connectivity index (χ1v) is 7.17. The minimum atomic E-state index is -0.0935. The zero-order valence-electron chi connectivity index (χ0n) is 10.7. The van der Waals surface area contributed by atoms with Crippen molar-refractivity contribution in [3.8, 4) is 0 Å². The molecule has 0 amide bonds. The van der Waals surface area contributed by atoms with E-state index in [9.17, 15) is 5.11 Å². The molecule has 0 aromatic carbocycles. The summed E-state index contributed by atoms with van der Waals surface area (Å²) in [5.41, 5.74) is 0.553. The molecule has 2 aliphatic carbocycles.